The van der Waals surface area contributed by atoms with E-state index in [1.54, 1.807) is 20.8 Å². The predicted molar refractivity (Wildman–Crippen MR) is 132 cm³/mol. The molecule has 4 N–H and O–H groups in total. The number of carbonyl (C=O) groups is 3. The van der Waals surface area contributed by atoms with Crippen LogP contribution >= 0.6 is 0 Å². The first-order chi connectivity index (χ1) is 16.6. The average Bonchev–Trinajstić information content (AvgIpc) is 3.10. The summed E-state index contributed by atoms with van der Waals surface area (Å²) < 4.78 is 7.44. The van der Waals surface area contributed by atoms with Crippen LogP contribution in [0.4, 0.5) is 16.6 Å². The highest BCUT2D eigenvalue weighted by Gasteiger charge is 2.20. The minimum Gasteiger partial charge on any atom is -0.548 e. The zero-order chi connectivity index (χ0) is 27.1. The first kappa shape index (κ1) is 28.6. The Labute approximate surface area is 210 Å². The lowest BCUT2D eigenvalue weighted by atomic mass is 10.2. The van der Waals surface area contributed by atoms with Crippen molar-refractivity contribution in [1.29, 1.82) is 0 Å². The lowest BCUT2D eigenvalue weighted by Gasteiger charge is -2.24. The maximum absolute atomic E-state index is 12.9. The predicted octanol–water partition coefficient (Wildman–Crippen LogP) is -0.980. The second-order valence-corrected chi connectivity index (χ2v) is 10.4. The van der Waals surface area contributed by atoms with Gasteiger partial charge in [0.15, 0.2) is 17.0 Å². The summed E-state index contributed by atoms with van der Waals surface area (Å²) in [4.78, 5) is 49.8. The molecule has 2 amide bonds. The smallest absolute Gasteiger partial charge is 0.407 e. The fourth-order valence-electron chi connectivity index (χ4n) is 3.26. The number of carboxylic acid groups (broad SMARTS) is 1. The first-order valence-corrected chi connectivity index (χ1v) is 11.6. The van der Waals surface area contributed by atoms with Crippen LogP contribution in [-0.4, -0.2) is 106 Å². The number of imidazole rings is 1. The van der Waals surface area contributed by atoms with Gasteiger partial charge in [0.2, 0.25) is 11.9 Å². The first-order valence-electron chi connectivity index (χ1n) is 11.6. The fraction of sp³-hybridized carbons (Fsp3) is 0.636. The molecule has 0 bridgehead atoms. The van der Waals surface area contributed by atoms with Gasteiger partial charge in [-0.25, -0.2) is 9.78 Å². The number of nitrogens with one attached hydrogen (secondary N) is 2. The van der Waals surface area contributed by atoms with Gasteiger partial charge in [-0.3, -0.25) is 4.79 Å². The Hall–Kier alpha value is -3.68. The molecule has 0 spiro atoms. The normalized spacial score (nSPS) is 11.8. The summed E-state index contributed by atoms with van der Waals surface area (Å²) in [7, 11) is 6.32. The minimum absolute atomic E-state index is 0.00489. The van der Waals surface area contributed by atoms with E-state index in [1.165, 1.54) is 10.9 Å². The van der Waals surface area contributed by atoms with E-state index in [9.17, 15) is 19.5 Å². The highest BCUT2D eigenvalue weighted by molar-refractivity contribution is 5.86. The highest BCUT2D eigenvalue weighted by Crippen LogP contribution is 2.20. The van der Waals surface area contributed by atoms with Crippen LogP contribution in [0.2, 0.25) is 0 Å². The summed E-state index contributed by atoms with van der Waals surface area (Å²) >= 11 is 0. The van der Waals surface area contributed by atoms with E-state index in [2.05, 4.69) is 46.7 Å². The third kappa shape index (κ3) is 9.52. The molecular formula is C22H37N9O5. The number of rotatable bonds is 12. The number of ether oxygens (including phenoxy) is 1. The molecule has 0 aliphatic carbocycles. The molecule has 14 heteroatoms. The molecule has 0 fully saturated rings. The number of nitrogen functional groups attached to an aromatic ring is 1. The van der Waals surface area contributed by atoms with E-state index in [1.807, 2.05) is 0 Å². The second kappa shape index (κ2) is 11.8. The Balaban J connectivity index is 2.08. The molecule has 2 aromatic heterocycles. The van der Waals surface area contributed by atoms with Crippen LogP contribution in [0.15, 0.2) is 6.33 Å². The van der Waals surface area contributed by atoms with Crippen LogP contribution in [0.5, 0.6) is 0 Å². The number of alkyl carbamates (subject to hydrolysis) is 1. The van der Waals surface area contributed by atoms with Crippen molar-refractivity contribution in [2.75, 3.05) is 64.9 Å². The molecule has 0 atom stereocenters. The number of carboxylic acids is 1. The lowest BCUT2D eigenvalue weighted by Crippen LogP contribution is -2.46. The summed E-state index contributed by atoms with van der Waals surface area (Å²) in [6, 6.07) is 0. The van der Waals surface area contributed by atoms with Gasteiger partial charge in [-0.2, -0.15) is 9.97 Å². The third-order valence-electron chi connectivity index (χ3n) is 4.81. The Kier molecular flexibility index (Phi) is 9.39. The van der Waals surface area contributed by atoms with Crippen LogP contribution in [0.1, 0.15) is 27.2 Å². The maximum Gasteiger partial charge on any atom is 0.407 e. The summed E-state index contributed by atoms with van der Waals surface area (Å²) in [6.07, 6.45) is 1.64. The van der Waals surface area contributed by atoms with Crippen molar-refractivity contribution in [3.05, 3.63) is 6.33 Å². The van der Waals surface area contributed by atoms with Gasteiger partial charge in [-0.15, -0.1) is 0 Å². The van der Waals surface area contributed by atoms with E-state index >= 15 is 0 Å². The van der Waals surface area contributed by atoms with Crippen molar-refractivity contribution in [3.8, 4) is 0 Å². The number of anilines is 2. The van der Waals surface area contributed by atoms with Crippen molar-refractivity contribution in [3.63, 3.8) is 0 Å². The molecule has 0 saturated heterocycles. The SMILES string of the molecule is CC(C)(C)OC(=O)NCCN(CC(=O)[O-])C(=O)Cn1cnc2c(NCCC[N+](C)(C)C)nc(N)nc21. The van der Waals surface area contributed by atoms with Crippen molar-refractivity contribution in [1.82, 2.24) is 29.7 Å². The van der Waals surface area contributed by atoms with E-state index in [4.69, 9.17) is 10.5 Å². The number of aromatic nitrogens is 4. The number of aliphatic carboxylic acids is 1. The van der Waals surface area contributed by atoms with Crippen LogP contribution in [0, 0.1) is 0 Å². The summed E-state index contributed by atoms with van der Waals surface area (Å²) in [6.45, 7) is 5.81. The molecule has 0 aliphatic heterocycles. The van der Waals surface area contributed by atoms with Crippen molar-refractivity contribution >= 4 is 40.9 Å². The second-order valence-electron chi connectivity index (χ2n) is 10.4. The number of nitrogens with zero attached hydrogens (tertiary/aromatic N) is 6. The largest absolute Gasteiger partial charge is 0.548 e. The van der Waals surface area contributed by atoms with E-state index in [-0.39, 0.29) is 25.6 Å². The number of hydrogen-bond acceptors (Lipinski definition) is 10. The molecule has 2 aromatic rings. The molecule has 200 valence electrons. The molecule has 0 radical (unpaired) electrons. The fourth-order valence-corrected chi connectivity index (χ4v) is 3.26. The van der Waals surface area contributed by atoms with E-state index < -0.39 is 30.1 Å². The van der Waals surface area contributed by atoms with Gasteiger partial charge in [0.1, 0.15) is 12.1 Å². The zero-order valence-corrected chi connectivity index (χ0v) is 21.8. The number of fused-ring (bicyclic) bond motifs is 1. The van der Waals surface area contributed by atoms with Gasteiger partial charge in [-0.05, 0) is 20.8 Å². The number of nitrogens with two attached hydrogens (primary N) is 1. The lowest BCUT2D eigenvalue weighted by molar-refractivity contribution is -0.870. The Morgan fingerprint density at radius 2 is 1.89 bits per heavy atom. The van der Waals surface area contributed by atoms with Crippen LogP contribution in [-0.2, 0) is 20.9 Å². The van der Waals surface area contributed by atoms with Gasteiger partial charge in [0, 0.05) is 26.1 Å². The average molecular weight is 508 g/mol. The zero-order valence-electron chi connectivity index (χ0n) is 21.8. The van der Waals surface area contributed by atoms with Gasteiger partial charge in [0.25, 0.3) is 0 Å². The third-order valence-corrected chi connectivity index (χ3v) is 4.81. The number of carbonyl (C=O) groups excluding carboxylic acids is 3. The van der Waals surface area contributed by atoms with E-state index in [0.717, 1.165) is 22.3 Å². The van der Waals surface area contributed by atoms with E-state index in [0.29, 0.717) is 23.5 Å². The maximum atomic E-state index is 12.9. The molecule has 14 nitrogen and oxygen atoms in total. The minimum atomic E-state index is -1.43. The Bertz CT molecular complexity index is 1070. The summed E-state index contributed by atoms with van der Waals surface area (Å²) in [5.74, 6) is -1.49. The Morgan fingerprint density at radius 3 is 2.50 bits per heavy atom. The summed E-state index contributed by atoms with van der Waals surface area (Å²) in [5.41, 5.74) is 5.98. The molecule has 2 heterocycles. The standard InChI is InChI=1S/C22H37N9O5/c1-22(2,3)36-21(35)25-9-10-29(13-16(33)34)15(32)12-30-14-26-17-18(27-20(23)28-19(17)30)24-8-7-11-31(4,5)6/h14H,7-13H2,1-6H3,(H4-,23,24,25,27,28,33,34,35). The molecule has 0 unspecified atom stereocenters. The molecule has 0 aliphatic rings. The van der Waals surface area contributed by atoms with Gasteiger partial charge in [0.05, 0.1) is 46.5 Å². The highest BCUT2D eigenvalue weighted by atomic mass is 16.6. The van der Waals surface area contributed by atoms with Crippen LogP contribution < -0.4 is 21.5 Å². The Morgan fingerprint density at radius 1 is 1.19 bits per heavy atom. The molecular weight excluding hydrogens is 470 g/mol. The number of amides is 2. The van der Waals surface area contributed by atoms with Crippen LogP contribution in [0.3, 0.4) is 0 Å². The number of hydrogen-bond donors (Lipinski definition) is 3. The van der Waals surface area contributed by atoms with Crippen molar-refractivity contribution in [2.45, 2.75) is 39.3 Å². The van der Waals surface area contributed by atoms with Gasteiger partial charge < -0.3 is 45.0 Å². The summed E-state index contributed by atoms with van der Waals surface area (Å²) in [5, 5.41) is 16.9. The monoisotopic (exact) mass is 507 g/mol. The molecule has 0 saturated carbocycles. The molecule has 0 aromatic carbocycles. The van der Waals surface area contributed by atoms with Crippen molar-refractivity contribution < 1.29 is 28.7 Å². The van der Waals surface area contributed by atoms with Crippen molar-refractivity contribution in [2.24, 2.45) is 0 Å². The van der Waals surface area contributed by atoms with Crippen LogP contribution in [0.25, 0.3) is 11.2 Å². The topological polar surface area (TPSA) is 180 Å². The van der Waals surface area contributed by atoms with Gasteiger partial charge in [-0.1, -0.05) is 0 Å². The quantitative estimate of drug-likeness (QED) is 0.239. The molecule has 2 rings (SSSR count). The number of quaternary nitrogens is 1. The van der Waals surface area contributed by atoms with Gasteiger partial charge >= 0.3 is 6.09 Å². The molecule has 36 heavy (non-hydrogen) atoms.